The monoisotopic (exact) mass is 344 g/mol. The first kappa shape index (κ1) is 16.2. The Balaban J connectivity index is 1.66. The number of rotatable bonds is 6. The van der Waals surface area contributed by atoms with Gasteiger partial charge in [-0.2, -0.15) is 5.21 Å². The number of thiazole rings is 1. The van der Waals surface area contributed by atoms with Crippen molar-refractivity contribution >= 4 is 22.9 Å². The molecule has 0 saturated carbocycles. The second-order valence-electron chi connectivity index (χ2n) is 4.93. The van der Waals surface area contributed by atoms with Crippen LogP contribution in [-0.2, 0) is 4.74 Å². The SMILES string of the molecule is CCO[C@H](C)c1ncc(C(=O)Nc2ccc(-c3nn[nH]n3)cc2)s1. The molecule has 2 aromatic heterocycles. The van der Waals surface area contributed by atoms with E-state index in [1.807, 2.05) is 26.0 Å². The summed E-state index contributed by atoms with van der Waals surface area (Å²) in [5, 5.41) is 17.4. The number of aromatic nitrogens is 5. The van der Waals surface area contributed by atoms with Gasteiger partial charge in [0.2, 0.25) is 5.82 Å². The standard InChI is InChI=1S/C15H16N6O2S/c1-3-23-9(2)15-16-8-12(24-15)14(22)17-11-6-4-10(5-7-11)13-18-20-21-19-13/h4-9H,3H2,1-2H3,(H,17,22)(H,18,19,20,21)/t9-/m1/s1. The van der Waals surface area contributed by atoms with Crippen LogP contribution in [0.25, 0.3) is 11.4 Å². The molecular weight excluding hydrogens is 328 g/mol. The predicted molar refractivity (Wildman–Crippen MR) is 89.7 cm³/mol. The van der Waals surface area contributed by atoms with Gasteiger partial charge >= 0.3 is 0 Å². The fourth-order valence-corrected chi connectivity index (χ4v) is 2.90. The van der Waals surface area contributed by atoms with Crippen molar-refractivity contribution in [2.45, 2.75) is 20.0 Å². The number of anilines is 1. The molecule has 0 aliphatic rings. The Bertz CT molecular complexity index is 800. The van der Waals surface area contributed by atoms with Crippen molar-refractivity contribution in [3.05, 3.63) is 40.3 Å². The van der Waals surface area contributed by atoms with Crippen LogP contribution in [-0.4, -0.2) is 38.1 Å². The number of aromatic amines is 1. The lowest BCUT2D eigenvalue weighted by molar-refractivity contribution is 0.0762. The maximum Gasteiger partial charge on any atom is 0.267 e. The second kappa shape index (κ2) is 7.28. The fraction of sp³-hybridized carbons (Fsp3) is 0.267. The highest BCUT2D eigenvalue weighted by Gasteiger charge is 2.15. The van der Waals surface area contributed by atoms with Crippen molar-refractivity contribution in [2.75, 3.05) is 11.9 Å². The predicted octanol–water partition coefficient (Wildman–Crippen LogP) is 2.67. The number of hydrogen-bond acceptors (Lipinski definition) is 7. The highest BCUT2D eigenvalue weighted by molar-refractivity contribution is 7.13. The first-order valence-electron chi connectivity index (χ1n) is 7.40. The molecule has 0 saturated heterocycles. The molecule has 124 valence electrons. The average Bonchev–Trinajstić information content (AvgIpc) is 3.28. The van der Waals surface area contributed by atoms with Gasteiger partial charge in [0.05, 0.1) is 6.20 Å². The van der Waals surface area contributed by atoms with E-state index in [9.17, 15) is 4.79 Å². The van der Waals surface area contributed by atoms with Crippen LogP contribution >= 0.6 is 11.3 Å². The van der Waals surface area contributed by atoms with E-state index in [-0.39, 0.29) is 12.0 Å². The minimum absolute atomic E-state index is 0.115. The van der Waals surface area contributed by atoms with Crippen molar-refractivity contribution in [1.29, 1.82) is 0 Å². The van der Waals surface area contributed by atoms with Crippen LogP contribution in [0.1, 0.15) is 34.6 Å². The molecule has 0 fully saturated rings. The summed E-state index contributed by atoms with van der Waals surface area (Å²) < 4.78 is 5.48. The summed E-state index contributed by atoms with van der Waals surface area (Å²) in [6.07, 6.45) is 1.45. The Kier molecular flexibility index (Phi) is 4.92. The molecule has 3 rings (SSSR count). The van der Waals surface area contributed by atoms with E-state index >= 15 is 0 Å². The van der Waals surface area contributed by atoms with Crippen LogP contribution in [0.5, 0.6) is 0 Å². The molecule has 0 spiro atoms. The van der Waals surface area contributed by atoms with E-state index in [1.165, 1.54) is 11.3 Å². The molecule has 2 heterocycles. The van der Waals surface area contributed by atoms with Crippen LogP contribution in [0.4, 0.5) is 5.69 Å². The van der Waals surface area contributed by atoms with Gasteiger partial charge in [0.25, 0.3) is 5.91 Å². The summed E-state index contributed by atoms with van der Waals surface area (Å²) in [5.41, 5.74) is 1.49. The number of hydrogen-bond donors (Lipinski definition) is 2. The van der Waals surface area contributed by atoms with E-state index in [0.29, 0.717) is 23.0 Å². The zero-order valence-electron chi connectivity index (χ0n) is 13.2. The van der Waals surface area contributed by atoms with Gasteiger partial charge < -0.3 is 10.1 Å². The van der Waals surface area contributed by atoms with Crippen molar-refractivity contribution in [2.24, 2.45) is 0 Å². The highest BCUT2D eigenvalue weighted by atomic mass is 32.1. The van der Waals surface area contributed by atoms with E-state index in [4.69, 9.17) is 4.74 Å². The number of carbonyl (C=O) groups is 1. The Morgan fingerprint density at radius 1 is 1.38 bits per heavy atom. The van der Waals surface area contributed by atoms with Crippen LogP contribution in [0.3, 0.4) is 0 Å². The summed E-state index contributed by atoms with van der Waals surface area (Å²) >= 11 is 1.33. The Morgan fingerprint density at radius 3 is 2.83 bits per heavy atom. The summed E-state index contributed by atoms with van der Waals surface area (Å²) in [4.78, 5) is 17.1. The summed E-state index contributed by atoms with van der Waals surface area (Å²) in [6, 6.07) is 7.20. The van der Waals surface area contributed by atoms with Crippen molar-refractivity contribution in [3.8, 4) is 11.4 Å². The number of H-pyrrole nitrogens is 1. The molecule has 1 amide bonds. The molecule has 0 aliphatic heterocycles. The van der Waals surface area contributed by atoms with Gasteiger partial charge in [-0.05, 0) is 43.3 Å². The largest absolute Gasteiger partial charge is 0.372 e. The van der Waals surface area contributed by atoms with E-state index in [2.05, 4.69) is 30.9 Å². The first-order valence-corrected chi connectivity index (χ1v) is 8.21. The van der Waals surface area contributed by atoms with Crippen molar-refractivity contribution in [3.63, 3.8) is 0 Å². The van der Waals surface area contributed by atoms with Gasteiger partial charge in [0.15, 0.2) is 0 Å². The molecule has 9 heteroatoms. The third-order valence-electron chi connectivity index (χ3n) is 3.26. The molecule has 2 N–H and O–H groups in total. The molecule has 0 bridgehead atoms. The average molecular weight is 344 g/mol. The van der Waals surface area contributed by atoms with Gasteiger partial charge in [-0.15, -0.1) is 21.5 Å². The van der Waals surface area contributed by atoms with Gasteiger partial charge in [0.1, 0.15) is 16.0 Å². The van der Waals surface area contributed by atoms with Crippen LogP contribution in [0.15, 0.2) is 30.5 Å². The zero-order valence-corrected chi connectivity index (χ0v) is 14.0. The van der Waals surface area contributed by atoms with E-state index < -0.39 is 0 Å². The lowest BCUT2D eigenvalue weighted by Gasteiger charge is -2.07. The van der Waals surface area contributed by atoms with Crippen LogP contribution in [0, 0.1) is 0 Å². The fourth-order valence-electron chi connectivity index (χ4n) is 2.08. The molecule has 0 radical (unpaired) electrons. The highest BCUT2D eigenvalue weighted by Crippen LogP contribution is 2.24. The molecule has 0 aliphatic carbocycles. The lowest BCUT2D eigenvalue weighted by atomic mass is 10.2. The minimum atomic E-state index is -0.199. The number of nitrogens with one attached hydrogen (secondary N) is 2. The molecular formula is C15H16N6O2S. The number of carbonyl (C=O) groups excluding carboxylic acids is 1. The van der Waals surface area contributed by atoms with Gasteiger partial charge in [-0.25, -0.2) is 4.98 Å². The number of benzene rings is 1. The summed E-state index contributed by atoms with van der Waals surface area (Å²) in [7, 11) is 0. The third kappa shape index (κ3) is 3.63. The molecule has 1 atom stereocenters. The van der Waals surface area contributed by atoms with Gasteiger partial charge in [-0.1, -0.05) is 0 Å². The Hall–Kier alpha value is -2.65. The molecule has 0 unspecified atom stereocenters. The molecule has 24 heavy (non-hydrogen) atoms. The second-order valence-corrected chi connectivity index (χ2v) is 5.99. The Labute approximate surface area is 142 Å². The molecule has 3 aromatic rings. The topological polar surface area (TPSA) is 106 Å². The van der Waals surface area contributed by atoms with Crippen molar-refractivity contribution in [1.82, 2.24) is 25.6 Å². The number of tetrazole rings is 1. The van der Waals surface area contributed by atoms with E-state index in [1.54, 1.807) is 18.3 Å². The van der Waals surface area contributed by atoms with Crippen LogP contribution in [0.2, 0.25) is 0 Å². The first-order chi connectivity index (χ1) is 11.7. The third-order valence-corrected chi connectivity index (χ3v) is 4.42. The molecule has 8 nitrogen and oxygen atoms in total. The zero-order chi connectivity index (χ0) is 16.9. The minimum Gasteiger partial charge on any atom is -0.372 e. The summed E-state index contributed by atoms with van der Waals surface area (Å²) in [6.45, 7) is 4.45. The summed E-state index contributed by atoms with van der Waals surface area (Å²) in [5.74, 6) is 0.305. The lowest BCUT2D eigenvalue weighted by Crippen LogP contribution is -2.09. The van der Waals surface area contributed by atoms with Crippen molar-refractivity contribution < 1.29 is 9.53 Å². The molecule has 1 aromatic carbocycles. The smallest absolute Gasteiger partial charge is 0.267 e. The van der Waals surface area contributed by atoms with E-state index in [0.717, 1.165) is 10.6 Å². The van der Waals surface area contributed by atoms with Gasteiger partial charge in [-0.3, -0.25) is 4.79 Å². The normalized spacial score (nSPS) is 12.1. The number of nitrogens with zero attached hydrogens (tertiary/aromatic N) is 4. The maximum absolute atomic E-state index is 12.3. The maximum atomic E-state index is 12.3. The number of amides is 1. The number of ether oxygens (including phenoxy) is 1. The Morgan fingerprint density at radius 2 is 2.17 bits per heavy atom. The van der Waals surface area contributed by atoms with Gasteiger partial charge in [0, 0.05) is 17.9 Å². The van der Waals surface area contributed by atoms with Crippen LogP contribution < -0.4 is 5.32 Å². The quantitative estimate of drug-likeness (QED) is 0.712.